The van der Waals surface area contributed by atoms with Gasteiger partial charge >= 0.3 is 0 Å². The summed E-state index contributed by atoms with van der Waals surface area (Å²) in [6.45, 7) is 6.53. The molecule has 0 saturated carbocycles. The molecule has 0 amide bonds. The Balaban J connectivity index is 2.36. The number of rotatable bonds is 1. The number of hydrogen-bond acceptors (Lipinski definition) is 2. The van der Waals surface area contributed by atoms with Gasteiger partial charge in [0.1, 0.15) is 0 Å². The van der Waals surface area contributed by atoms with Crippen molar-refractivity contribution in [1.82, 2.24) is 5.32 Å². The van der Waals surface area contributed by atoms with Gasteiger partial charge in [0.25, 0.3) is 0 Å². The lowest BCUT2D eigenvalue weighted by Gasteiger charge is -2.26. The number of nitrogens with one attached hydrogen (secondary N) is 1. The number of aryl methyl sites for hydroxylation is 2. The van der Waals surface area contributed by atoms with E-state index >= 15 is 0 Å². The maximum absolute atomic E-state index is 6.34. The lowest BCUT2D eigenvalue weighted by atomic mass is 9.98. The summed E-state index contributed by atoms with van der Waals surface area (Å²) in [7, 11) is 0. The number of morpholine rings is 1. The van der Waals surface area contributed by atoms with Crippen LogP contribution in [0.5, 0.6) is 0 Å². The van der Waals surface area contributed by atoms with Crippen LogP contribution in [0.4, 0.5) is 0 Å². The lowest BCUT2D eigenvalue weighted by molar-refractivity contribution is 0.0767. The smallest absolute Gasteiger partial charge is 0.0662 e. The van der Waals surface area contributed by atoms with Crippen LogP contribution < -0.4 is 5.32 Å². The maximum Gasteiger partial charge on any atom is 0.0662 e. The van der Waals surface area contributed by atoms with Crippen molar-refractivity contribution < 1.29 is 4.74 Å². The van der Waals surface area contributed by atoms with E-state index in [1.165, 1.54) is 11.1 Å². The molecule has 1 aliphatic heterocycles. The minimum atomic E-state index is 0.242. The van der Waals surface area contributed by atoms with Gasteiger partial charge in [-0.1, -0.05) is 23.7 Å². The molecule has 1 aromatic rings. The molecule has 3 heteroatoms. The van der Waals surface area contributed by atoms with Gasteiger partial charge in [-0.2, -0.15) is 0 Å². The fraction of sp³-hybridized carbons (Fsp3) is 0.500. The number of ether oxygens (including phenoxy) is 1. The fourth-order valence-corrected chi connectivity index (χ4v) is 2.32. The van der Waals surface area contributed by atoms with Gasteiger partial charge in [-0.3, -0.25) is 0 Å². The molecular formula is C12H16ClNO. The van der Waals surface area contributed by atoms with Crippen LogP contribution in [0.1, 0.15) is 22.7 Å². The summed E-state index contributed by atoms with van der Waals surface area (Å²) in [5.41, 5.74) is 3.55. The van der Waals surface area contributed by atoms with Crippen molar-refractivity contribution in [2.24, 2.45) is 0 Å². The van der Waals surface area contributed by atoms with Crippen LogP contribution in [-0.4, -0.2) is 19.8 Å². The Morgan fingerprint density at radius 2 is 2.07 bits per heavy atom. The van der Waals surface area contributed by atoms with Crippen LogP contribution in [0.3, 0.4) is 0 Å². The molecule has 82 valence electrons. The molecule has 1 saturated heterocycles. The zero-order chi connectivity index (χ0) is 10.8. The largest absolute Gasteiger partial charge is 0.378 e. The molecule has 1 aromatic carbocycles. The number of halogens is 1. The highest BCUT2D eigenvalue weighted by Gasteiger charge is 2.20. The normalized spacial score (nSPS) is 21.7. The first-order valence-corrected chi connectivity index (χ1v) is 5.64. The molecule has 2 nitrogen and oxygen atoms in total. The summed E-state index contributed by atoms with van der Waals surface area (Å²) in [6.07, 6.45) is 0. The van der Waals surface area contributed by atoms with E-state index in [0.717, 1.165) is 23.7 Å². The van der Waals surface area contributed by atoms with E-state index in [-0.39, 0.29) is 6.04 Å². The van der Waals surface area contributed by atoms with Gasteiger partial charge in [-0.25, -0.2) is 0 Å². The third-order valence-electron chi connectivity index (χ3n) is 2.86. The van der Waals surface area contributed by atoms with E-state index in [0.29, 0.717) is 6.61 Å². The predicted octanol–water partition coefficient (Wildman–Crippen LogP) is 2.62. The quantitative estimate of drug-likeness (QED) is 0.794. The van der Waals surface area contributed by atoms with E-state index in [1.54, 1.807) is 0 Å². The molecule has 1 heterocycles. The Morgan fingerprint density at radius 3 is 2.73 bits per heavy atom. The molecular weight excluding hydrogens is 210 g/mol. The second-order valence-electron chi connectivity index (χ2n) is 4.01. The molecule has 2 rings (SSSR count). The molecule has 15 heavy (non-hydrogen) atoms. The molecule has 0 aliphatic carbocycles. The Labute approximate surface area is 95.6 Å². The van der Waals surface area contributed by atoms with Crippen molar-refractivity contribution in [3.63, 3.8) is 0 Å². The van der Waals surface area contributed by atoms with Crippen molar-refractivity contribution >= 4 is 11.6 Å². The van der Waals surface area contributed by atoms with E-state index in [1.807, 2.05) is 6.92 Å². The molecule has 0 spiro atoms. The van der Waals surface area contributed by atoms with E-state index in [2.05, 4.69) is 24.4 Å². The van der Waals surface area contributed by atoms with Crippen LogP contribution in [0.25, 0.3) is 0 Å². The highest BCUT2D eigenvalue weighted by molar-refractivity contribution is 6.32. The summed E-state index contributed by atoms with van der Waals surface area (Å²) >= 11 is 6.34. The third-order valence-corrected chi connectivity index (χ3v) is 3.36. The summed E-state index contributed by atoms with van der Waals surface area (Å²) in [5, 5.41) is 4.31. The summed E-state index contributed by atoms with van der Waals surface area (Å²) in [5.74, 6) is 0. The van der Waals surface area contributed by atoms with Crippen LogP contribution in [0, 0.1) is 13.8 Å². The minimum absolute atomic E-state index is 0.242. The first-order chi connectivity index (χ1) is 7.20. The third kappa shape index (κ3) is 2.17. The van der Waals surface area contributed by atoms with Crippen LogP contribution in [0.2, 0.25) is 5.02 Å². The van der Waals surface area contributed by atoms with Crippen LogP contribution in [-0.2, 0) is 4.74 Å². The minimum Gasteiger partial charge on any atom is -0.378 e. The fourth-order valence-electron chi connectivity index (χ4n) is 1.98. The Hall–Kier alpha value is -0.570. The molecule has 0 aromatic heterocycles. The van der Waals surface area contributed by atoms with Gasteiger partial charge in [0.15, 0.2) is 0 Å². The van der Waals surface area contributed by atoms with Gasteiger partial charge in [0.2, 0.25) is 0 Å². The first-order valence-electron chi connectivity index (χ1n) is 5.27. The van der Waals surface area contributed by atoms with Gasteiger partial charge in [0, 0.05) is 11.6 Å². The van der Waals surface area contributed by atoms with E-state index < -0.39 is 0 Å². The Bertz CT molecular complexity index is 359. The second-order valence-corrected chi connectivity index (χ2v) is 4.39. The monoisotopic (exact) mass is 225 g/mol. The summed E-state index contributed by atoms with van der Waals surface area (Å²) in [6, 6.07) is 4.42. The molecule has 1 aliphatic rings. The van der Waals surface area contributed by atoms with Gasteiger partial charge in [-0.05, 0) is 30.5 Å². The summed E-state index contributed by atoms with van der Waals surface area (Å²) in [4.78, 5) is 0. The first kappa shape index (κ1) is 10.9. The molecule has 1 unspecified atom stereocenters. The summed E-state index contributed by atoms with van der Waals surface area (Å²) < 4.78 is 5.47. The molecule has 1 N–H and O–H groups in total. The number of benzene rings is 1. The molecule has 1 fully saturated rings. The number of hydrogen-bond donors (Lipinski definition) is 1. The van der Waals surface area contributed by atoms with Crippen molar-refractivity contribution in [3.8, 4) is 0 Å². The highest BCUT2D eigenvalue weighted by atomic mass is 35.5. The molecule has 0 bridgehead atoms. The van der Waals surface area contributed by atoms with Crippen LogP contribution in [0.15, 0.2) is 12.1 Å². The maximum atomic E-state index is 6.34. The van der Waals surface area contributed by atoms with Gasteiger partial charge in [0.05, 0.1) is 19.3 Å². The standard InChI is InChI=1S/C12H16ClNO/c1-8-3-4-9(2)12(13)11(8)10-7-15-6-5-14-10/h3-4,10,14H,5-7H2,1-2H3. The Kier molecular flexibility index (Phi) is 3.29. The van der Waals surface area contributed by atoms with Crippen molar-refractivity contribution in [3.05, 3.63) is 33.8 Å². The lowest BCUT2D eigenvalue weighted by Crippen LogP contribution is -2.35. The van der Waals surface area contributed by atoms with E-state index in [9.17, 15) is 0 Å². The van der Waals surface area contributed by atoms with Crippen molar-refractivity contribution in [2.75, 3.05) is 19.8 Å². The zero-order valence-corrected chi connectivity index (χ0v) is 9.90. The highest BCUT2D eigenvalue weighted by Crippen LogP contribution is 2.30. The van der Waals surface area contributed by atoms with Gasteiger partial charge < -0.3 is 10.1 Å². The SMILES string of the molecule is Cc1ccc(C)c(C2COCCN2)c1Cl. The zero-order valence-electron chi connectivity index (χ0n) is 9.14. The van der Waals surface area contributed by atoms with Crippen molar-refractivity contribution in [1.29, 1.82) is 0 Å². The van der Waals surface area contributed by atoms with Crippen LogP contribution >= 0.6 is 11.6 Å². The van der Waals surface area contributed by atoms with Crippen molar-refractivity contribution in [2.45, 2.75) is 19.9 Å². The Morgan fingerprint density at radius 1 is 1.33 bits per heavy atom. The predicted molar refractivity (Wildman–Crippen MR) is 62.5 cm³/mol. The molecule has 1 atom stereocenters. The average Bonchev–Trinajstić information content (AvgIpc) is 2.26. The molecule has 0 radical (unpaired) electrons. The second kappa shape index (κ2) is 4.52. The van der Waals surface area contributed by atoms with E-state index in [4.69, 9.17) is 16.3 Å². The average molecular weight is 226 g/mol. The topological polar surface area (TPSA) is 21.3 Å². The van der Waals surface area contributed by atoms with Gasteiger partial charge in [-0.15, -0.1) is 0 Å².